The van der Waals surface area contributed by atoms with Crippen molar-refractivity contribution in [2.24, 2.45) is 4.99 Å². The summed E-state index contributed by atoms with van der Waals surface area (Å²) in [5.41, 5.74) is 0. The molecule has 0 spiro atoms. The van der Waals surface area contributed by atoms with Gasteiger partial charge in [0.05, 0.1) is 0 Å². The second kappa shape index (κ2) is 9.44. The molecule has 0 aliphatic carbocycles. The van der Waals surface area contributed by atoms with E-state index in [9.17, 15) is 4.79 Å². The molecule has 0 aromatic rings. The van der Waals surface area contributed by atoms with E-state index in [1.807, 2.05) is 38.0 Å². The molecule has 0 aliphatic heterocycles. The highest BCUT2D eigenvalue weighted by Gasteiger charge is 2.05. The van der Waals surface area contributed by atoms with Gasteiger partial charge in [-0.15, -0.1) is 30.6 Å². The number of hydrogen-bond donors (Lipinski definition) is 1. The summed E-state index contributed by atoms with van der Waals surface area (Å²) in [6.07, 6.45) is 1.64. The molecule has 0 saturated heterocycles. The Morgan fingerprint density at radius 3 is 2.19 bits per heavy atom. The van der Waals surface area contributed by atoms with Gasteiger partial charge >= 0.3 is 0 Å². The van der Waals surface area contributed by atoms with E-state index in [0.29, 0.717) is 6.54 Å². The van der Waals surface area contributed by atoms with E-state index < -0.39 is 0 Å². The van der Waals surface area contributed by atoms with Gasteiger partial charge in [0.1, 0.15) is 6.54 Å². The summed E-state index contributed by atoms with van der Waals surface area (Å²) in [7, 11) is 7.56. The van der Waals surface area contributed by atoms with Crippen LogP contribution in [0.1, 0.15) is 0 Å². The maximum atomic E-state index is 11.2. The number of rotatable bonds is 4. The van der Waals surface area contributed by atoms with Crippen LogP contribution in [0.25, 0.3) is 0 Å². The Kier molecular flexibility index (Phi) is 10.4. The molecule has 0 fully saturated rings. The van der Waals surface area contributed by atoms with Gasteiger partial charge in [0, 0.05) is 34.7 Å². The van der Waals surface area contributed by atoms with Crippen LogP contribution >= 0.6 is 24.0 Å². The number of guanidine groups is 1. The normalized spacial score (nSPS) is 8.50. The number of carbonyl (C=O) groups excluding carboxylic acids is 1. The first-order valence-electron chi connectivity index (χ1n) is 4.75. The van der Waals surface area contributed by atoms with Gasteiger partial charge in [0.15, 0.2) is 5.96 Å². The highest BCUT2D eigenvalue weighted by atomic mass is 127. The lowest BCUT2D eigenvalue weighted by atomic mass is 10.5. The van der Waals surface area contributed by atoms with Gasteiger partial charge < -0.3 is 15.1 Å². The van der Waals surface area contributed by atoms with E-state index in [2.05, 4.69) is 16.9 Å². The Morgan fingerprint density at radius 1 is 1.31 bits per heavy atom. The van der Waals surface area contributed by atoms with Gasteiger partial charge in [-0.1, -0.05) is 6.08 Å². The summed E-state index contributed by atoms with van der Waals surface area (Å²) in [4.78, 5) is 19.2. The van der Waals surface area contributed by atoms with Crippen molar-refractivity contribution in [2.45, 2.75) is 0 Å². The van der Waals surface area contributed by atoms with Crippen molar-refractivity contribution < 1.29 is 4.79 Å². The molecular formula is C10H21IN4O. The Bertz CT molecular complexity index is 241. The second-order valence-corrected chi connectivity index (χ2v) is 3.50. The minimum Gasteiger partial charge on any atom is -0.351 e. The third-order valence-electron chi connectivity index (χ3n) is 1.61. The number of aliphatic imine (C=N–C) groups is 1. The van der Waals surface area contributed by atoms with Gasteiger partial charge in [-0.25, -0.2) is 4.99 Å². The Labute approximate surface area is 115 Å². The van der Waals surface area contributed by atoms with Crippen LogP contribution in [0.3, 0.4) is 0 Å². The molecule has 0 saturated carbocycles. The molecule has 0 radical (unpaired) electrons. The predicted octanol–water partition coefficient (Wildman–Crippen LogP) is 0.386. The van der Waals surface area contributed by atoms with Crippen LogP contribution in [0.2, 0.25) is 0 Å². The summed E-state index contributed by atoms with van der Waals surface area (Å²) in [5.74, 6) is 0.667. The number of nitrogens with zero attached hydrogens (tertiary/aromatic N) is 3. The van der Waals surface area contributed by atoms with Crippen LogP contribution in [-0.4, -0.2) is 62.9 Å². The average molecular weight is 340 g/mol. The fourth-order valence-corrected chi connectivity index (χ4v) is 1.07. The summed E-state index contributed by atoms with van der Waals surface area (Å²) >= 11 is 0. The first-order chi connectivity index (χ1) is 6.99. The molecule has 6 heteroatoms. The van der Waals surface area contributed by atoms with E-state index in [0.717, 1.165) is 5.96 Å². The molecule has 1 amide bonds. The first kappa shape index (κ1) is 17.6. The molecule has 0 heterocycles. The van der Waals surface area contributed by atoms with Crippen molar-refractivity contribution in [1.29, 1.82) is 0 Å². The Balaban J connectivity index is 0. The van der Waals surface area contributed by atoms with Crippen molar-refractivity contribution in [1.82, 2.24) is 15.1 Å². The maximum Gasteiger partial charge on any atom is 0.242 e. The average Bonchev–Trinajstić information content (AvgIpc) is 2.13. The summed E-state index contributed by atoms with van der Waals surface area (Å²) in [5, 5.41) is 2.66. The molecule has 0 aromatic carbocycles. The van der Waals surface area contributed by atoms with Crippen molar-refractivity contribution >= 4 is 35.8 Å². The smallest absolute Gasteiger partial charge is 0.242 e. The van der Waals surface area contributed by atoms with Crippen LogP contribution in [0.4, 0.5) is 0 Å². The number of nitrogens with one attached hydrogen (secondary N) is 1. The van der Waals surface area contributed by atoms with E-state index in [1.54, 1.807) is 6.08 Å². The highest BCUT2D eigenvalue weighted by Crippen LogP contribution is 1.88. The molecule has 0 unspecified atom stereocenters. The van der Waals surface area contributed by atoms with Crippen molar-refractivity contribution in [3.8, 4) is 0 Å². The van der Waals surface area contributed by atoms with E-state index in [-0.39, 0.29) is 36.4 Å². The Morgan fingerprint density at radius 2 is 1.81 bits per heavy atom. The molecule has 0 atom stereocenters. The van der Waals surface area contributed by atoms with Crippen LogP contribution in [0.15, 0.2) is 17.6 Å². The zero-order valence-electron chi connectivity index (χ0n) is 10.4. The van der Waals surface area contributed by atoms with Gasteiger partial charge in [-0.3, -0.25) is 4.79 Å². The molecule has 16 heavy (non-hydrogen) atoms. The van der Waals surface area contributed by atoms with Crippen LogP contribution in [0.5, 0.6) is 0 Å². The van der Waals surface area contributed by atoms with Gasteiger partial charge in [0.25, 0.3) is 0 Å². The zero-order chi connectivity index (χ0) is 11.8. The lowest BCUT2D eigenvalue weighted by molar-refractivity contribution is -0.119. The van der Waals surface area contributed by atoms with Crippen LogP contribution in [0, 0.1) is 0 Å². The van der Waals surface area contributed by atoms with Crippen molar-refractivity contribution in [2.75, 3.05) is 41.3 Å². The van der Waals surface area contributed by atoms with E-state index in [4.69, 9.17) is 0 Å². The SMILES string of the molecule is C=CCNC(=O)CN=C(N(C)C)N(C)C.I. The van der Waals surface area contributed by atoms with Gasteiger partial charge in [-0.2, -0.15) is 0 Å². The lowest BCUT2D eigenvalue weighted by Crippen LogP contribution is -2.36. The zero-order valence-corrected chi connectivity index (χ0v) is 12.7. The third kappa shape index (κ3) is 7.49. The number of carbonyl (C=O) groups is 1. The summed E-state index contributed by atoms with van der Waals surface area (Å²) in [6, 6.07) is 0. The molecule has 5 nitrogen and oxygen atoms in total. The maximum absolute atomic E-state index is 11.2. The van der Waals surface area contributed by atoms with E-state index in [1.165, 1.54) is 0 Å². The third-order valence-corrected chi connectivity index (χ3v) is 1.61. The quantitative estimate of drug-likeness (QED) is 0.349. The highest BCUT2D eigenvalue weighted by molar-refractivity contribution is 14.0. The number of amides is 1. The van der Waals surface area contributed by atoms with E-state index >= 15 is 0 Å². The largest absolute Gasteiger partial charge is 0.351 e. The van der Waals surface area contributed by atoms with Gasteiger partial charge in [0.2, 0.25) is 5.91 Å². The minimum atomic E-state index is -0.101. The van der Waals surface area contributed by atoms with Gasteiger partial charge in [-0.05, 0) is 0 Å². The molecule has 0 aromatic heterocycles. The first-order valence-corrected chi connectivity index (χ1v) is 4.75. The van der Waals surface area contributed by atoms with Crippen molar-refractivity contribution in [3.05, 3.63) is 12.7 Å². The molecule has 94 valence electrons. The molecule has 0 bridgehead atoms. The topological polar surface area (TPSA) is 47.9 Å². The van der Waals surface area contributed by atoms with Crippen LogP contribution in [-0.2, 0) is 4.79 Å². The summed E-state index contributed by atoms with van der Waals surface area (Å²) < 4.78 is 0. The molecular weight excluding hydrogens is 319 g/mol. The van der Waals surface area contributed by atoms with Crippen molar-refractivity contribution in [3.63, 3.8) is 0 Å². The molecule has 0 aliphatic rings. The fourth-order valence-electron chi connectivity index (χ4n) is 1.07. The monoisotopic (exact) mass is 340 g/mol. The summed E-state index contributed by atoms with van der Waals surface area (Å²) in [6.45, 7) is 4.14. The predicted molar refractivity (Wildman–Crippen MR) is 78.3 cm³/mol. The minimum absolute atomic E-state index is 0. The number of halogens is 1. The number of hydrogen-bond acceptors (Lipinski definition) is 2. The second-order valence-electron chi connectivity index (χ2n) is 3.50. The Hall–Kier alpha value is -0.790. The lowest BCUT2D eigenvalue weighted by Gasteiger charge is -2.22. The van der Waals surface area contributed by atoms with Crippen LogP contribution < -0.4 is 5.32 Å². The standard InChI is InChI=1S/C10H20N4O.HI/c1-6-7-11-9(15)8-12-10(13(2)3)14(4)5;/h6H,1,7-8H2,2-5H3,(H,11,15);1H. The molecule has 1 N–H and O–H groups in total. The molecule has 0 rings (SSSR count). The fraction of sp³-hybridized carbons (Fsp3) is 0.600.